The van der Waals surface area contributed by atoms with Crippen molar-refractivity contribution in [3.8, 4) is 0 Å². The summed E-state index contributed by atoms with van der Waals surface area (Å²) >= 11 is 0. The van der Waals surface area contributed by atoms with Gasteiger partial charge in [-0.2, -0.15) is 0 Å². The molecular weight excluding hydrogens is 128 g/mol. The van der Waals surface area contributed by atoms with Gasteiger partial charge in [-0.15, -0.1) is 0 Å². The molecule has 0 saturated carbocycles. The van der Waals surface area contributed by atoms with E-state index in [1.165, 1.54) is 0 Å². The number of ether oxygens (including phenoxy) is 2. The molecule has 1 aliphatic heterocycles. The maximum atomic E-state index is 5.27. The normalized spacial score (nSPS) is 22.7. The van der Waals surface area contributed by atoms with Crippen molar-refractivity contribution in [3.05, 3.63) is 12.2 Å². The summed E-state index contributed by atoms with van der Waals surface area (Å²) in [4.78, 5) is 0. The van der Waals surface area contributed by atoms with Crippen molar-refractivity contribution in [2.45, 2.75) is 19.4 Å². The molecule has 1 saturated heterocycles. The maximum Gasteiger partial charge on any atom is 0.0831 e. The van der Waals surface area contributed by atoms with E-state index in [0.29, 0.717) is 12.7 Å². The van der Waals surface area contributed by atoms with Crippen molar-refractivity contribution in [1.29, 1.82) is 0 Å². The van der Waals surface area contributed by atoms with Crippen molar-refractivity contribution in [2.24, 2.45) is 0 Å². The molecule has 0 bridgehead atoms. The lowest BCUT2D eigenvalue weighted by atomic mass is 10.3. The Morgan fingerprint density at radius 3 is 3.00 bits per heavy atom. The van der Waals surface area contributed by atoms with E-state index >= 15 is 0 Å². The molecule has 0 amide bonds. The van der Waals surface area contributed by atoms with Gasteiger partial charge in [-0.1, -0.05) is 12.2 Å². The quantitative estimate of drug-likeness (QED) is 0.328. The van der Waals surface area contributed by atoms with Gasteiger partial charge in [-0.25, -0.2) is 0 Å². The summed E-state index contributed by atoms with van der Waals surface area (Å²) in [5, 5.41) is 0. The molecule has 1 heterocycles. The molecule has 1 aliphatic rings. The Bertz CT molecular complexity index is 116. The Morgan fingerprint density at radius 1 is 1.80 bits per heavy atom. The van der Waals surface area contributed by atoms with Gasteiger partial charge in [0.25, 0.3) is 0 Å². The van der Waals surface area contributed by atoms with Crippen molar-refractivity contribution >= 4 is 0 Å². The zero-order chi connectivity index (χ0) is 7.40. The van der Waals surface area contributed by atoms with E-state index in [4.69, 9.17) is 9.47 Å². The number of hydrogen-bond donors (Lipinski definition) is 0. The Morgan fingerprint density at radius 2 is 2.50 bits per heavy atom. The monoisotopic (exact) mass is 142 g/mol. The van der Waals surface area contributed by atoms with Crippen LogP contribution < -0.4 is 0 Å². The molecule has 1 unspecified atom stereocenters. The molecule has 58 valence electrons. The minimum Gasteiger partial charge on any atom is -0.377 e. The average molecular weight is 142 g/mol. The lowest BCUT2D eigenvalue weighted by molar-refractivity contribution is 0.146. The predicted octanol–water partition coefficient (Wildman–Crippen LogP) is 1.37. The molecule has 1 rings (SSSR count). The molecule has 2 nitrogen and oxygen atoms in total. The van der Waals surface area contributed by atoms with E-state index in [2.05, 4.69) is 6.58 Å². The van der Waals surface area contributed by atoms with Crippen LogP contribution in [0.15, 0.2) is 12.2 Å². The van der Waals surface area contributed by atoms with Crippen molar-refractivity contribution in [2.75, 3.05) is 19.8 Å². The van der Waals surface area contributed by atoms with Gasteiger partial charge >= 0.3 is 0 Å². The second-order valence-corrected chi connectivity index (χ2v) is 2.75. The van der Waals surface area contributed by atoms with Crippen LogP contribution in [0.3, 0.4) is 0 Å². The minimum absolute atomic E-state index is 0.491. The van der Waals surface area contributed by atoms with Gasteiger partial charge in [0.2, 0.25) is 0 Å². The fourth-order valence-electron chi connectivity index (χ4n) is 0.696. The molecule has 0 aromatic rings. The summed E-state index contributed by atoms with van der Waals surface area (Å²) < 4.78 is 10.3. The van der Waals surface area contributed by atoms with Gasteiger partial charge < -0.3 is 9.47 Å². The lowest BCUT2D eigenvalue weighted by Gasteiger charge is -2.00. The van der Waals surface area contributed by atoms with Crippen LogP contribution >= 0.6 is 0 Å². The lowest BCUT2D eigenvalue weighted by Crippen LogP contribution is -2.00. The third-order valence-corrected chi connectivity index (χ3v) is 1.33. The molecule has 0 aliphatic carbocycles. The van der Waals surface area contributed by atoms with Crippen LogP contribution in [-0.2, 0) is 9.47 Å². The maximum absolute atomic E-state index is 5.27. The van der Waals surface area contributed by atoms with E-state index < -0.39 is 0 Å². The van der Waals surface area contributed by atoms with E-state index in [9.17, 15) is 0 Å². The number of epoxide rings is 1. The Hall–Kier alpha value is -0.340. The summed E-state index contributed by atoms with van der Waals surface area (Å²) in [5.41, 5.74) is 1.08. The number of rotatable bonds is 5. The summed E-state index contributed by atoms with van der Waals surface area (Å²) in [6.07, 6.45) is 1.53. The minimum atomic E-state index is 0.491. The number of hydrogen-bond acceptors (Lipinski definition) is 2. The SMILES string of the molecule is C=C(C)COCCC1CO1. The first-order chi connectivity index (χ1) is 4.79. The molecule has 2 heteroatoms. The van der Waals surface area contributed by atoms with E-state index in [1.54, 1.807) is 0 Å². The van der Waals surface area contributed by atoms with E-state index in [1.807, 2.05) is 6.92 Å². The van der Waals surface area contributed by atoms with Crippen LogP contribution in [0.25, 0.3) is 0 Å². The van der Waals surface area contributed by atoms with Crippen LogP contribution in [0.1, 0.15) is 13.3 Å². The molecule has 0 aromatic carbocycles. The molecular formula is C8H14O2. The van der Waals surface area contributed by atoms with Crippen molar-refractivity contribution < 1.29 is 9.47 Å². The summed E-state index contributed by atoms with van der Waals surface area (Å²) in [7, 11) is 0. The fourth-order valence-corrected chi connectivity index (χ4v) is 0.696. The third-order valence-electron chi connectivity index (χ3n) is 1.33. The van der Waals surface area contributed by atoms with Crippen LogP contribution in [0, 0.1) is 0 Å². The van der Waals surface area contributed by atoms with Crippen LogP contribution in [0.5, 0.6) is 0 Å². The van der Waals surface area contributed by atoms with E-state index in [-0.39, 0.29) is 0 Å². The summed E-state index contributed by atoms with van der Waals surface area (Å²) in [6, 6.07) is 0. The van der Waals surface area contributed by atoms with Gasteiger partial charge in [0.1, 0.15) is 0 Å². The first-order valence-electron chi connectivity index (χ1n) is 3.63. The fraction of sp³-hybridized carbons (Fsp3) is 0.750. The molecule has 0 radical (unpaired) electrons. The highest BCUT2D eigenvalue weighted by Crippen LogP contribution is 2.12. The second kappa shape index (κ2) is 3.74. The van der Waals surface area contributed by atoms with Gasteiger partial charge in [0, 0.05) is 6.61 Å². The highest BCUT2D eigenvalue weighted by Gasteiger charge is 2.21. The first-order valence-corrected chi connectivity index (χ1v) is 3.63. The molecule has 1 atom stereocenters. The van der Waals surface area contributed by atoms with Crippen molar-refractivity contribution in [3.63, 3.8) is 0 Å². The third kappa shape index (κ3) is 3.64. The van der Waals surface area contributed by atoms with E-state index in [0.717, 1.165) is 25.2 Å². The van der Waals surface area contributed by atoms with Gasteiger partial charge in [-0.3, -0.25) is 0 Å². The zero-order valence-corrected chi connectivity index (χ0v) is 6.43. The summed E-state index contributed by atoms with van der Waals surface area (Å²) in [5.74, 6) is 0. The summed E-state index contributed by atoms with van der Waals surface area (Å²) in [6.45, 7) is 8.11. The van der Waals surface area contributed by atoms with Crippen LogP contribution in [0.2, 0.25) is 0 Å². The topological polar surface area (TPSA) is 21.8 Å². The molecule has 0 aromatic heterocycles. The molecule has 1 fully saturated rings. The standard InChI is InChI=1S/C8H14O2/c1-7(2)5-9-4-3-8-6-10-8/h8H,1,3-6H2,2H3. The molecule has 0 spiro atoms. The first kappa shape index (κ1) is 7.76. The van der Waals surface area contributed by atoms with Gasteiger partial charge in [0.15, 0.2) is 0 Å². The molecule has 10 heavy (non-hydrogen) atoms. The van der Waals surface area contributed by atoms with Crippen molar-refractivity contribution in [1.82, 2.24) is 0 Å². The Balaban J connectivity index is 1.80. The average Bonchev–Trinajstić information content (AvgIpc) is 2.62. The van der Waals surface area contributed by atoms with Gasteiger partial charge in [-0.05, 0) is 13.3 Å². The Kier molecular flexibility index (Phi) is 2.90. The largest absolute Gasteiger partial charge is 0.377 e. The zero-order valence-electron chi connectivity index (χ0n) is 6.43. The highest BCUT2D eigenvalue weighted by molar-refractivity contribution is 4.87. The van der Waals surface area contributed by atoms with Crippen LogP contribution in [0.4, 0.5) is 0 Å². The Labute approximate surface area is 61.8 Å². The van der Waals surface area contributed by atoms with Gasteiger partial charge in [0.05, 0.1) is 19.3 Å². The van der Waals surface area contributed by atoms with Crippen LogP contribution in [-0.4, -0.2) is 25.9 Å². The predicted molar refractivity (Wildman–Crippen MR) is 40.0 cm³/mol. The second-order valence-electron chi connectivity index (χ2n) is 2.75. The smallest absolute Gasteiger partial charge is 0.0831 e. The molecule has 0 N–H and O–H groups in total. The highest BCUT2D eigenvalue weighted by atomic mass is 16.6.